The number of anilines is 1. The zero-order valence-corrected chi connectivity index (χ0v) is 6.57. The van der Waals surface area contributed by atoms with E-state index in [1.54, 1.807) is 0 Å². The van der Waals surface area contributed by atoms with E-state index in [-0.39, 0.29) is 18.0 Å². The molecule has 66 valence electrons. The van der Waals surface area contributed by atoms with E-state index >= 15 is 0 Å². The predicted molar refractivity (Wildman–Crippen MR) is 42.9 cm³/mol. The third-order valence-corrected chi connectivity index (χ3v) is 1.73. The highest BCUT2D eigenvalue weighted by atomic mass is 16.2. The number of aromatic nitrogens is 2. The molecule has 0 aliphatic carbocycles. The van der Waals surface area contributed by atoms with Crippen molar-refractivity contribution in [3.63, 3.8) is 0 Å². The molecule has 0 fully saturated rings. The highest BCUT2D eigenvalue weighted by molar-refractivity contribution is 5.99. The van der Waals surface area contributed by atoms with Crippen molar-refractivity contribution in [3.05, 3.63) is 17.3 Å². The zero-order valence-electron chi connectivity index (χ0n) is 6.57. The Morgan fingerprint density at radius 2 is 2.31 bits per heavy atom. The van der Waals surface area contributed by atoms with Crippen LogP contribution in [0.5, 0.6) is 0 Å². The van der Waals surface area contributed by atoms with E-state index < -0.39 is 5.91 Å². The van der Waals surface area contributed by atoms with Crippen LogP contribution in [0, 0.1) is 0 Å². The van der Waals surface area contributed by atoms with Gasteiger partial charge in [0.1, 0.15) is 0 Å². The predicted octanol–water partition coefficient (Wildman–Crippen LogP) is -0.930. The number of nitrogens with zero attached hydrogens (tertiary/aromatic N) is 2. The molecule has 0 unspecified atom stereocenters. The zero-order chi connectivity index (χ0) is 9.42. The molecular formula is C7H6N4O2. The van der Waals surface area contributed by atoms with E-state index in [0.29, 0.717) is 11.4 Å². The van der Waals surface area contributed by atoms with Crippen LogP contribution in [0.15, 0.2) is 6.07 Å². The van der Waals surface area contributed by atoms with Crippen molar-refractivity contribution >= 4 is 17.6 Å². The average molecular weight is 178 g/mol. The average Bonchev–Trinajstić information content (AvgIpc) is 2.42. The SMILES string of the molecule is NC(=O)c1cc2c(nn1)NC(=O)C2. The van der Waals surface area contributed by atoms with Gasteiger partial charge >= 0.3 is 0 Å². The van der Waals surface area contributed by atoms with E-state index in [2.05, 4.69) is 15.5 Å². The molecule has 1 aliphatic rings. The second-order valence-electron chi connectivity index (χ2n) is 2.69. The summed E-state index contributed by atoms with van der Waals surface area (Å²) in [6, 6.07) is 1.47. The first-order valence-corrected chi connectivity index (χ1v) is 3.63. The Morgan fingerprint density at radius 1 is 1.54 bits per heavy atom. The van der Waals surface area contributed by atoms with E-state index in [1.165, 1.54) is 6.07 Å². The Labute approximate surface area is 73.1 Å². The minimum Gasteiger partial charge on any atom is -0.364 e. The number of carbonyl (C=O) groups is 2. The van der Waals surface area contributed by atoms with Crippen LogP contribution in [0.2, 0.25) is 0 Å². The Balaban J connectivity index is 2.45. The Morgan fingerprint density at radius 3 is 3.00 bits per heavy atom. The van der Waals surface area contributed by atoms with Crippen molar-refractivity contribution in [3.8, 4) is 0 Å². The van der Waals surface area contributed by atoms with Crippen molar-refractivity contribution in [1.82, 2.24) is 10.2 Å². The van der Waals surface area contributed by atoms with Crippen molar-refractivity contribution < 1.29 is 9.59 Å². The first-order chi connectivity index (χ1) is 6.16. The molecule has 0 bridgehead atoms. The number of primary amides is 1. The van der Waals surface area contributed by atoms with Crippen LogP contribution in [0.25, 0.3) is 0 Å². The number of hydrogen-bond donors (Lipinski definition) is 2. The molecule has 0 saturated heterocycles. The lowest BCUT2D eigenvalue weighted by Gasteiger charge is -1.96. The molecule has 2 amide bonds. The summed E-state index contributed by atoms with van der Waals surface area (Å²) in [6.07, 6.45) is 0.227. The van der Waals surface area contributed by atoms with Crippen LogP contribution in [-0.2, 0) is 11.2 Å². The standard InChI is InChI=1S/C7H6N4O2/c8-6(13)4-1-3-2-5(12)9-7(3)11-10-4/h1H,2H2,(H2,8,13)(H,9,11,12). The maximum atomic E-state index is 10.9. The molecule has 1 aliphatic heterocycles. The van der Waals surface area contributed by atoms with Crippen LogP contribution in [0.3, 0.4) is 0 Å². The Kier molecular flexibility index (Phi) is 1.48. The van der Waals surface area contributed by atoms with Crippen LogP contribution in [-0.4, -0.2) is 22.0 Å². The Bertz CT molecular complexity index is 401. The molecule has 0 atom stereocenters. The lowest BCUT2D eigenvalue weighted by atomic mass is 10.2. The summed E-state index contributed by atoms with van der Waals surface area (Å²) in [7, 11) is 0. The molecule has 6 heteroatoms. The van der Waals surface area contributed by atoms with Crippen molar-refractivity contribution in [2.75, 3.05) is 5.32 Å². The van der Waals surface area contributed by atoms with Crippen molar-refractivity contribution in [1.29, 1.82) is 0 Å². The lowest BCUT2D eigenvalue weighted by Crippen LogP contribution is -2.14. The maximum Gasteiger partial charge on any atom is 0.269 e. The molecule has 0 radical (unpaired) electrons. The maximum absolute atomic E-state index is 10.9. The van der Waals surface area contributed by atoms with Crippen LogP contribution in [0.4, 0.5) is 5.82 Å². The minimum atomic E-state index is -0.644. The van der Waals surface area contributed by atoms with Crippen LogP contribution in [0.1, 0.15) is 16.1 Å². The van der Waals surface area contributed by atoms with Gasteiger partial charge in [-0.3, -0.25) is 9.59 Å². The molecule has 0 spiro atoms. The molecule has 1 aromatic heterocycles. The number of amides is 2. The van der Waals surface area contributed by atoms with E-state index in [1.807, 2.05) is 0 Å². The number of rotatable bonds is 1. The van der Waals surface area contributed by atoms with Gasteiger partial charge in [-0.1, -0.05) is 0 Å². The quantitative estimate of drug-likeness (QED) is 0.580. The van der Waals surface area contributed by atoms with E-state index in [4.69, 9.17) is 5.73 Å². The third kappa shape index (κ3) is 1.22. The number of fused-ring (bicyclic) bond motifs is 1. The van der Waals surface area contributed by atoms with Gasteiger partial charge in [-0.15, -0.1) is 10.2 Å². The summed E-state index contributed by atoms with van der Waals surface area (Å²) in [5.74, 6) is -0.379. The molecule has 3 N–H and O–H groups in total. The first kappa shape index (κ1) is 7.66. The van der Waals surface area contributed by atoms with E-state index in [0.717, 1.165) is 0 Å². The lowest BCUT2D eigenvalue weighted by molar-refractivity contribution is -0.115. The summed E-state index contributed by atoms with van der Waals surface area (Å²) >= 11 is 0. The molecule has 13 heavy (non-hydrogen) atoms. The smallest absolute Gasteiger partial charge is 0.269 e. The molecule has 0 saturated carbocycles. The van der Waals surface area contributed by atoms with Crippen molar-refractivity contribution in [2.45, 2.75) is 6.42 Å². The fourth-order valence-corrected chi connectivity index (χ4v) is 1.14. The fraction of sp³-hybridized carbons (Fsp3) is 0.143. The van der Waals surface area contributed by atoms with Gasteiger partial charge < -0.3 is 11.1 Å². The van der Waals surface area contributed by atoms with Gasteiger partial charge in [0.25, 0.3) is 5.91 Å². The van der Waals surface area contributed by atoms with Gasteiger partial charge in [0.15, 0.2) is 11.5 Å². The number of nitrogens with two attached hydrogens (primary N) is 1. The van der Waals surface area contributed by atoms with E-state index in [9.17, 15) is 9.59 Å². The van der Waals surface area contributed by atoms with Gasteiger partial charge in [-0.2, -0.15) is 0 Å². The van der Waals surface area contributed by atoms with Crippen molar-refractivity contribution in [2.24, 2.45) is 5.73 Å². The second kappa shape index (κ2) is 2.51. The normalized spacial score (nSPS) is 13.7. The summed E-state index contributed by atoms with van der Waals surface area (Å²) in [6.45, 7) is 0. The van der Waals surface area contributed by atoms with Gasteiger partial charge in [0, 0.05) is 5.56 Å². The number of carbonyl (C=O) groups excluding carboxylic acids is 2. The molecule has 2 heterocycles. The van der Waals surface area contributed by atoms with Gasteiger partial charge in [-0.05, 0) is 6.07 Å². The first-order valence-electron chi connectivity index (χ1n) is 3.63. The van der Waals surface area contributed by atoms with Gasteiger partial charge in [0.05, 0.1) is 6.42 Å². The van der Waals surface area contributed by atoms with Gasteiger partial charge in [0.2, 0.25) is 5.91 Å². The summed E-state index contributed by atoms with van der Waals surface area (Å²) in [4.78, 5) is 21.6. The molecule has 1 aromatic rings. The second-order valence-corrected chi connectivity index (χ2v) is 2.69. The Hall–Kier alpha value is -1.98. The van der Waals surface area contributed by atoms with Gasteiger partial charge in [-0.25, -0.2) is 0 Å². The summed E-state index contributed by atoms with van der Waals surface area (Å²) < 4.78 is 0. The molecule has 2 rings (SSSR count). The largest absolute Gasteiger partial charge is 0.364 e. The monoisotopic (exact) mass is 178 g/mol. The topological polar surface area (TPSA) is 98.0 Å². The summed E-state index contributed by atoms with van der Waals surface area (Å²) in [5, 5.41) is 9.69. The summed E-state index contributed by atoms with van der Waals surface area (Å²) in [5.41, 5.74) is 5.74. The van der Waals surface area contributed by atoms with Crippen LogP contribution < -0.4 is 11.1 Å². The molecule has 0 aromatic carbocycles. The minimum absolute atomic E-state index is 0.0789. The number of hydrogen-bond acceptors (Lipinski definition) is 4. The highest BCUT2D eigenvalue weighted by Crippen LogP contribution is 2.18. The third-order valence-electron chi connectivity index (χ3n) is 1.73. The highest BCUT2D eigenvalue weighted by Gasteiger charge is 2.20. The fourth-order valence-electron chi connectivity index (χ4n) is 1.14. The molecule has 6 nitrogen and oxygen atoms in total. The molecular weight excluding hydrogens is 172 g/mol. The van der Waals surface area contributed by atoms with Crippen LogP contribution >= 0.6 is 0 Å². The number of nitrogens with one attached hydrogen (secondary N) is 1.